The van der Waals surface area contributed by atoms with E-state index in [1.807, 2.05) is 25.1 Å². The maximum Gasteiger partial charge on any atom is 0.259 e. The van der Waals surface area contributed by atoms with Crippen LogP contribution in [0.25, 0.3) is 10.2 Å². The van der Waals surface area contributed by atoms with Gasteiger partial charge in [-0.2, -0.15) is 0 Å². The number of pyridine rings is 1. The Kier molecular flexibility index (Phi) is 5.24. The molecule has 0 bridgehead atoms. The van der Waals surface area contributed by atoms with Crippen LogP contribution in [0.15, 0.2) is 30.5 Å². The first kappa shape index (κ1) is 18.2. The lowest BCUT2D eigenvalue weighted by Crippen LogP contribution is -2.26. The number of ether oxygens (including phenoxy) is 2. The van der Waals surface area contributed by atoms with Crippen molar-refractivity contribution < 1.29 is 14.3 Å². The normalized spacial score (nSPS) is 15.0. The molecule has 6 nitrogen and oxygen atoms in total. The Hall–Kier alpha value is -2.22. The van der Waals surface area contributed by atoms with Crippen LogP contribution in [0.1, 0.15) is 28.8 Å². The molecular formula is C19H18ClN3O3S. The molecule has 1 N–H and O–H groups in total. The van der Waals surface area contributed by atoms with Gasteiger partial charge in [0.1, 0.15) is 11.1 Å². The molecule has 140 valence electrons. The van der Waals surface area contributed by atoms with Gasteiger partial charge in [0.05, 0.1) is 29.0 Å². The van der Waals surface area contributed by atoms with Crippen molar-refractivity contribution in [1.29, 1.82) is 0 Å². The summed E-state index contributed by atoms with van der Waals surface area (Å²) in [6.45, 7) is 3.34. The van der Waals surface area contributed by atoms with Gasteiger partial charge < -0.3 is 9.47 Å². The standard InChI is InChI=1S/C19H18ClN3O3S/c1-11-3-2-4-15-16(11)22-19(27-15)23-17(24)12-9-14(20)18(21-10-12)26-13-5-7-25-8-6-13/h2-4,9-10,13H,5-8H2,1H3,(H,22,23,24). The summed E-state index contributed by atoms with van der Waals surface area (Å²) in [5.74, 6) is 0.0365. The lowest BCUT2D eigenvalue weighted by Gasteiger charge is -2.23. The van der Waals surface area contributed by atoms with Crippen molar-refractivity contribution in [3.63, 3.8) is 0 Å². The highest BCUT2D eigenvalue weighted by Crippen LogP contribution is 2.29. The molecule has 0 atom stereocenters. The number of halogens is 1. The predicted molar refractivity (Wildman–Crippen MR) is 106 cm³/mol. The fourth-order valence-electron chi connectivity index (χ4n) is 2.90. The summed E-state index contributed by atoms with van der Waals surface area (Å²) in [6.07, 6.45) is 3.11. The molecule has 1 saturated heterocycles. The number of hydrogen-bond acceptors (Lipinski definition) is 6. The number of aryl methyl sites for hydroxylation is 1. The highest BCUT2D eigenvalue weighted by Gasteiger charge is 2.19. The topological polar surface area (TPSA) is 73.3 Å². The molecule has 0 spiro atoms. The van der Waals surface area contributed by atoms with Crippen LogP contribution in [0, 0.1) is 6.92 Å². The molecule has 8 heteroatoms. The predicted octanol–water partition coefficient (Wildman–Crippen LogP) is 4.46. The molecule has 0 saturated carbocycles. The maximum absolute atomic E-state index is 12.5. The Balaban J connectivity index is 1.47. The largest absolute Gasteiger partial charge is 0.473 e. The molecule has 2 aromatic heterocycles. The number of carbonyl (C=O) groups is 1. The zero-order chi connectivity index (χ0) is 18.8. The monoisotopic (exact) mass is 403 g/mol. The maximum atomic E-state index is 12.5. The van der Waals surface area contributed by atoms with E-state index < -0.39 is 0 Å². The first-order valence-electron chi connectivity index (χ1n) is 8.67. The van der Waals surface area contributed by atoms with Crippen LogP contribution >= 0.6 is 22.9 Å². The summed E-state index contributed by atoms with van der Waals surface area (Å²) >= 11 is 7.70. The smallest absolute Gasteiger partial charge is 0.259 e. The van der Waals surface area contributed by atoms with Crippen molar-refractivity contribution in [2.75, 3.05) is 18.5 Å². The Labute approximate surface area is 165 Å². The zero-order valence-electron chi connectivity index (χ0n) is 14.7. The Morgan fingerprint density at radius 3 is 2.93 bits per heavy atom. The van der Waals surface area contributed by atoms with Gasteiger partial charge in [0.15, 0.2) is 5.13 Å². The van der Waals surface area contributed by atoms with E-state index in [2.05, 4.69) is 15.3 Å². The third-order valence-corrected chi connectivity index (χ3v) is 5.56. The number of benzene rings is 1. The van der Waals surface area contributed by atoms with Crippen molar-refractivity contribution in [3.8, 4) is 5.88 Å². The minimum Gasteiger partial charge on any atom is -0.473 e. The molecule has 1 aliphatic rings. The molecule has 3 heterocycles. The van der Waals surface area contributed by atoms with E-state index in [-0.39, 0.29) is 12.0 Å². The minimum atomic E-state index is -0.307. The fraction of sp³-hybridized carbons (Fsp3) is 0.316. The van der Waals surface area contributed by atoms with Gasteiger partial charge in [0, 0.05) is 19.0 Å². The number of anilines is 1. The number of hydrogen-bond donors (Lipinski definition) is 1. The third kappa shape index (κ3) is 4.05. The van der Waals surface area contributed by atoms with Gasteiger partial charge in [-0.1, -0.05) is 35.1 Å². The molecule has 27 heavy (non-hydrogen) atoms. The molecule has 1 aromatic carbocycles. The molecule has 1 aliphatic heterocycles. The van der Waals surface area contributed by atoms with Crippen molar-refractivity contribution >= 4 is 44.2 Å². The first-order chi connectivity index (χ1) is 13.1. The molecule has 0 unspecified atom stereocenters. The molecule has 0 radical (unpaired) electrons. The van der Waals surface area contributed by atoms with Gasteiger partial charge in [-0.05, 0) is 24.6 Å². The fourth-order valence-corrected chi connectivity index (χ4v) is 4.05. The van der Waals surface area contributed by atoms with E-state index in [4.69, 9.17) is 21.1 Å². The van der Waals surface area contributed by atoms with E-state index >= 15 is 0 Å². The molecule has 1 amide bonds. The summed E-state index contributed by atoms with van der Waals surface area (Å²) in [5.41, 5.74) is 2.33. The summed E-state index contributed by atoms with van der Waals surface area (Å²) in [7, 11) is 0. The van der Waals surface area contributed by atoms with E-state index in [9.17, 15) is 4.79 Å². The summed E-state index contributed by atoms with van der Waals surface area (Å²) in [5, 5.41) is 3.67. The molecule has 3 aromatic rings. The van der Waals surface area contributed by atoms with Crippen LogP contribution in [0.3, 0.4) is 0 Å². The van der Waals surface area contributed by atoms with Crippen LogP contribution in [0.2, 0.25) is 5.02 Å². The second-order valence-corrected chi connectivity index (χ2v) is 7.77. The lowest BCUT2D eigenvalue weighted by molar-refractivity contribution is 0.0238. The number of fused-ring (bicyclic) bond motifs is 1. The quantitative estimate of drug-likeness (QED) is 0.696. The highest BCUT2D eigenvalue weighted by molar-refractivity contribution is 7.22. The van der Waals surface area contributed by atoms with Gasteiger partial charge in [-0.3, -0.25) is 10.1 Å². The number of amides is 1. The number of nitrogens with one attached hydrogen (secondary N) is 1. The van der Waals surface area contributed by atoms with Crippen LogP contribution in [0.5, 0.6) is 5.88 Å². The molecule has 4 rings (SSSR count). The zero-order valence-corrected chi connectivity index (χ0v) is 16.3. The van der Waals surface area contributed by atoms with Gasteiger partial charge >= 0.3 is 0 Å². The summed E-state index contributed by atoms with van der Waals surface area (Å²) in [6, 6.07) is 7.52. The molecular weight excluding hydrogens is 386 g/mol. The Bertz CT molecular complexity index is 985. The number of nitrogens with zero attached hydrogens (tertiary/aromatic N) is 2. The Morgan fingerprint density at radius 2 is 2.19 bits per heavy atom. The second kappa shape index (κ2) is 7.80. The van der Waals surface area contributed by atoms with Gasteiger partial charge in [0.2, 0.25) is 5.88 Å². The van der Waals surface area contributed by atoms with Crippen molar-refractivity contribution in [2.24, 2.45) is 0 Å². The molecule has 1 fully saturated rings. The highest BCUT2D eigenvalue weighted by atomic mass is 35.5. The van der Waals surface area contributed by atoms with E-state index in [0.29, 0.717) is 34.8 Å². The van der Waals surface area contributed by atoms with Gasteiger partial charge in [0.25, 0.3) is 5.91 Å². The lowest BCUT2D eigenvalue weighted by atomic mass is 10.1. The van der Waals surface area contributed by atoms with E-state index in [1.54, 1.807) is 6.07 Å². The number of carbonyl (C=O) groups excluding carboxylic acids is 1. The average Bonchev–Trinajstić information content (AvgIpc) is 3.08. The van der Waals surface area contributed by atoms with Crippen LogP contribution < -0.4 is 10.1 Å². The second-order valence-electron chi connectivity index (χ2n) is 6.34. The minimum absolute atomic E-state index is 0.0365. The van der Waals surface area contributed by atoms with Gasteiger partial charge in [-0.25, -0.2) is 9.97 Å². The SMILES string of the molecule is Cc1cccc2sc(NC(=O)c3cnc(OC4CCOCC4)c(Cl)c3)nc12. The summed E-state index contributed by atoms with van der Waals surface area (Å²) in [4.78, 5) is 21.2. The van der Waals surface area contributed by atoms with E-state index in [0.717, 1.165) is 28.6 Å². The van der Waals surface area contributed by atoms with E-state index in [1.165, 1.54) is 17.5 Å². The number of para-hydroxylation sites is 1. The number of aromatic nitrogens is 2. The van der Waals surface area contributed by atoms with Gasteiger partial charge in [-0.15, -0.1) is 0 Å². The van der Waals surface area contributed by atoms with Crippen LogP contribution in [-0.4, -0.2) is 35.2 Å². The third-order valence-electron chi connectivity index (χ3n) is 4.36. The first-order valence-corrected chi connectivity index (χ1v) is 9.87. The Morgan fingerprint density at radius 1 is 1.37 bits per heavy atom. The summed E-state index contributed by atoms with van der Waals surface area (Å²) < 4.78 is 12.2. The average molecular weight is 404 g/mol. The van der Waals surface area contributed by atoms with Crippen LogP contribution in [-0.2, 0) is 4.74 Å². The van der Waals surface area contributed by atoms with Crippen molar-refractivity contribution in [3.05, 3.63) is 46.6 Å². The van der Waals surface area contributed by atoms with Crippen LogP contribution in [0.4, 0.5) is 5.13 Å². The number of rotatable bonds is 4. The molecule has 0 aliphatic carbocycles. The number of thiazole rings is 1. The van der Waals surface area contributed by atoms with Crippen molar-refractivity contribution in [2.45, 2.75) is 25.9 Å². The van der Waals surface area contributed by atoms with Crippen molar-refractivity contribution in [1.82, 2.24) is 9.97 Å².